The molecule has 0 aliphatic heterocycles. The fraction of sp³-hybridized carbons (Fsp3) is 0.733. The lowest BCUT2D eigenvalue weighted by atomic mass is 10.0. The normalized spacial score (nSPS) is 12.8. The Kier molecular flexibility index (Phi) is 7.81. The molecule has 1 aromatic rings. The minimum Gasteiger partial charge on any atom is -0.469 e. The van der Waals surface area contributed by atoms with E-state index in [1.54, 1.807) is 6.26 Å². The van der Waals surface area contributed by atoms with Gasteiger partial charge in [-0.05, 0) is 31.5 Å². The van der Waals surface area contributed by atoms with Crippen LogP contribution in [-0.2, 0) is 6.42 Å². The Morgan fingerprint density at radius 2 is 2.06 bits per heavy atom. The molecule has 0 radical (unpaired) electrons. The lowest BCUT2D eigenvalue weighted by Crippen LogP contribution is -2.31. The van der Waals surface area contributed by atoms with Gasteiger partial charge in [0.05, 0.1) is 6.26 Å². The molecule has 0 aromatic carbocycles. The van der Waals surface area contributed by atoms with E-state index >= 15 is 0 Å². The summed E-state index contributed by atoms with van der Waals surface area (Å²) in [6.45, 7) is 5.59. The smallest absolute Gasteiger partial charge is 0.105 e. The second-order valence-corrected chi connectivity index (χ2v) is 4.78. The Bertz CT molecular complexity index is 256. The molecular weight excluding hydrogens is 210 g/mol. The molecule has 0 spiro atoms. The monoisotopic (exact) mass is 237 g/mol. The Labute approximate surface area is 106 Å². The second-order valence-electron chi connectivity index (χ2n) is 4.78. The molecule has 17 heavy (non-hydrogen) atoms. The Balaban J connectivity index is 2.26. The van der Waals surface area contributed by atoms with E-state index in [1.165, 1.54) is 38.5 Å². The molecule has 1 rings (SSSR count). The molecule has 98 valence electrons. The van der Waals surface area contributed by atoms with Gasteiger partial charge in [0.2, 0.25) is 0 Å². The number of hydrogen-bond acceptors (Lipinski definition) is 2. The van der Waals surface area contributed by atoms with Crippen molar-refractivity contribution in [3.05, 3.63) is 24.2 Å². The summed E-state index contributed by atoms with van der Waals surface area (Å²) in [5.41, 5.74) is 0. The molecule has 1 N–H and O–H groups in total. The molecule has 0 fully saturated rings. The third kappa shape index (κ3) is 6.52. The number of furan rings is 1. The Morgan fingerprint density at radius 1 is 1.18 bits per heavy atom. The van der Waals surface area contributed by atoms with E-state index in [-0.39, 0.29) is 0 Å². The number of hydrogen-bond donors (Lipinski definition) is 1. The van der Waals surface area contributed by atoms with Crippen molar-refractivity contribution in [3.63, 3.8) is 0 Å². The summed E-state index contributed by atoms with van der Waals surface area (Å²) in [5, 5.41) is 3.62. The molecule has 0 bridgehead atoms. The largest absolute Gasteiger partial charge is 0.469 e. The van der Waals surface area contributed by atoms with Gasteiger partial charge in [0, 0.05) is 12.5 Å². The highest BCUT2D eigenvalue weighted by Crippen LogP contribution is 2.11. The predicted molar refractivity (Wildman–Crippen MR) is 73.3 cm³/mol. The summed E-state index contributed by atoms with van der Waals surface area (Å²) in [6.07, 6.45) is 10.6. The van der Waals surface area contributed by atoms with Gasteiger partial charge < -0.3 is 9.73 Å². The van der Waals surface area contributed by atoms with Gasteiger partial charge >= 0.3 is 0 Å². The van der Waals surface area contributed by atoms with E-state index in [0.717, 1.165) is 18.7 Å². The Hall–Kier alpha value is -0.760. The summed E-state index contributed by atoms with van der Waals surface area (Å²) >= 11 is 0. The van der Waals surface area contributed by atoms with Crippen LogP contribution >= 0.6 is 0 Å². The standard InChI is InChI=1S/C15H27NO/c1-3-5-6-7-9-14(16-11-4-2)13-15-10-8-12-17-15/h8,10,12,14,16H,3-7,9,11,13H2,1-2H3. The summed E-state index contributed by atoms with van der Waals surface area (Å²) < 4.78 is 5.43. The van der Waals surface area contributed by atoms with E-state index in [4.69, 9.17) is 4.42 Å². The average Bonchev–Trinajstić information content (AvgIpc) is 2.84. The lowest BCUT2D eigenvalue weighted by Gasteiger charge is -2.17. The fourth-order valence-electron chi connectivity index (χ4n) is 2.11. The summed E-state index contributed by atoms with van der Waals surface area (Å²) in [5.74, 6) is 1.11. The Morgan fingerprint density at radius 3 is 2.71 bits per heavy atom. The number of unbranched alkanes of at least 4 members (excludes halogenated alkanes) is 3. The summed E-state index contributed by atoms with van der Waals surface area (Å²) in [4.78, 5) is 0. The third-order valence-electron chi connectivity index (χ3n) is 3.12. The zero-order chi connectivity index (χ0) is 12.3. The fourth-order valence-corrected chi connectivity index (χ4v) is 2.11. The predicted octanol–water partition coefficient (Wildman–Crippen LogP) is 4.16. The third-order valence-corrected chi connectivity index (χ3v) is 3.12. The molecule has 2 heteroatoms. The lowest BCUT2D eigenvalue weighted by molar-refractivity contribution is 0.411. The van der Waals surface area contributed by atoms with Crippen molar-refractivity contribution in [2.75, 3.05) is 6.54 Å². The molecule has 1 atom stereocenters. The van der Waals surface area contributed by atoms with E-state index in [2.05, 4.69) is 25.2 Å². The maximum absolute atomic E-state index is 5.43. The van der Waals surface area contributed by atoms with Crippen LogP contribution in [-0.4, -0.2) is 12.6 Å². The molecular formula is C15H27NO. The van der Waals surface area contributed by atoms with Crippen LogP contribution in [0.5, 0.6) is 0 Å². The van der Waals surface area contributed by atoms with Crippen LogP contribution in [0.15, 0.2) is 22.8 Å². The van der Waals surface area contributed by atoms with Crippen molar-refractivity contribution in [3.8, 4) is 0 Å². The highest BCUT2D eigenvalue weighted by molar-refractivity contribution is 5.00. The van der Waals surface area contributed by atoms with Crippen molar-refractivity contribution in [1.29, 1.82) is 0 Å². The van der Waals surface area contributed by atoms with Gasteiger partial charge in [-0.3, -0.25) is 0 Å². The van der Waals surface area contributed by atoms with Gasteiger partial charge in [0.25, 0.3) is 0 Å². The summed E-state index contributed by atoms with van der Waals surface area (Å²) in [7, 11) is 0. The highest BCUT2D eigenvalue weighted by Gasteiger charge is 2.09. The van der Waals surface area contributed by atoms with E-state index in [0.29, 0.717) is 6.04 Å². The van der Waals surface area contributed by atoms with Crippen LogP contribution in [0, 0.1) is 0 Å². The first kappa shape index (κ1) is 14.3. The van der Waals surface area contributed by atoms with Gasteiger partial charge in [-0.2, -0.15) is 0 Å². The minimum atomic E-state index is 0.581. The first-order valence-corrected chi connectivity index (χ1v) is 7.12. The molecule has 0 saturated heterocycles. The quantitative estimate of drug-likeness (QED) is 0.618. The van der Waals surface area contributed by atoms with E-state index in [9.17, 15) is 0 Å². The van der Waals surface area contributed by atoms with E-state index in [1.807, 2.05) is 6.07 Å². The highest BCUT2D eigenvalue weighted by atomic mass is 16.3. The molecule has 1 unspecified atom stereocenters. The van der Waals surface area contributed by atoms with Gasteiger partial charge in [0.15, 0.2) is 0 Å². The molecule has 1 heterocycles. The van der Waals surface area contributed by atoms with Crippen LogP contribution in [0.4, 0.5) is 0 Å². The second kappa shape index (κ2) is 9.29. The van der Waals surface area contributed by atoms with Gasteiger partial charge in [-0.25, -0.2) is 0 Å². The van der Waals surface area contributed by atoms with Gasteiger partial charge in [-0.1, -0.05) is 39.5 Å². The molecule has 0 aliphatic rings. The van der Waals surface area contributed by atoms with Crippen molar-refractivity contribution in [2.24, 2.45) is 0 Å². The molecule has 0 amide bonds. The van der Waals surface area contributed by atoms with Crippen LogP contribution in [0.2, 0.25) is 0 Å². The van der Waals surface area contributed by atoms with E-state index < -0.39 is 0 Å². The van der Waals surface area contributed by atoms with Crippen LogP contribution in [0.25, 0.3) is 0 Å². The zero-order valence-corrected chi connectivity index (χ0v) is 11.4. The first-order chi connectivity index (χ1) is 8.36. The SMILES string of the molecule is CCCCCCC(Cc1ccco1)NCCC. The maximum Gasteiger partial charge on any atom is 0.105 e. The molecule has 1 aromatic heterocycles. The number of rotatable bonds is 10. The average molecular weight is 237 g/mol. The maximum atomic E-state index is 5.43. The van der Waals surface area contributed by atoms with Crippen molar-refractivity contribution in [1.82, 2.24) is 5.32 Å². The van der Waals surface area contributed by atoms with Crippen molar-refractivity contribution in [2.45, 2.75) is 64.8 Å². The minimum absolute atomic E-state index is 0.581. The molecule has 0 aliphatic carbocycles. The molecule has 2 nitrogen and oxygen atoms in total. The molecule has 0 saturated carbocycles. The van der Waals surface area contributed by atoms with Gasteiger partial charge in [-0.15, -0.1) is 0 Å². The van der Waals surface area contributed by atoms with Crippen LogP contribution in [0.1, 0.15) is 58.1 Å². The first-order valence-electron chi connectivity index (χ1n) is 7.12. The number of nitrogens with one attached hydrogen (secondary N) is 1. The van der Waals surface area contributed by atoms with Crippen molar-refractivity contribution >= 4 is 0 Å². The zero-order valence-electron chi connectivity index (χ0n) is 11.4. The van der Waals surface area contributed by atoms with Crippen LogP contribution in [0.3, 0.4) is 0 Å². The summed E-state index contributed by atoms with van der Waals surface area (Å²) in [6, 6.07) is 4.63. The van der Waals surface area contributed by atoms with Crippen LogP contribution < -0.4 is 5.32 Å². The van der Waals surface area contributed by atoms with Gasteiger partial charge in [0.1, 0.15) is 5.76 Å². The topological polar surface area (TPSA) is 25.2 Å². The van der Waals surface area contributed by atoms with Crippen molar-refractivity contribution < 1.29 is 4.42 Å².